The molecule has 156 valence electrons. The van der Waals surface area contributed by atoms with Gasteiger partial charge in [0.1, 0.15) is 5.75 Å². The molecule has 0 radical (unpaired) electrons. The van der Waals surface area contributed by atoms with Crippen LogP contribution in [0.15, 0.2) is 36.4 Å². The molecule has 2 aromatic carbocycles. The molecule has 0 aromatic heterocycles. The van der Waals surface area contributed by atoms with E-state index in [1.807, 2.05) is 12.1 Å². The zero-order chi connectivity index (χ0) is 21.2. The summed E-state index contributed by atoms with van der Waals surface area (Å²) in [4.78, 5) is 13.0. The van der Waals surface area contributed by atoms with Crippen molar-refractivity contribution in [1.82, 2.24) is 4.90 Å². The Morgan fingerprint density at radius 1 is 1.14 bits per heavy atom. The minimum Gasteiger partial charge on any atom is -0.504 e. The number of benzene rings is 2. The van der Waals surface area contributed by atoms with Crippen LogP contribution in [-0.2, 0) is 24.3 Å². The van der Waals surface area contributed by atoms with Gasteiger partial charge in [0, 0.05) is 24.2 Å². The topological polar surface area (TPSA) is 59.0 Å². The Hall–Kier alpha value is -2.74. The Morgan fingerprint density at radius 3 is 2.59 bits per heavy atom. The SMILES string of the molecule is CC(C)(CCc1ccc(O)c(OC(F)(F)F)c1)N1Cc2cccc(OC=O)c2C1. The number of fused-ring (bicyclic) bond motifs is 1. The zero-order valence-corrected chi connectivity index (χ0v) is 16.1. The van der Waals surface area contributed by atoms with E-state index in [1.54, 1.807) is 12.1 Å². The fourth-order valence-corrected chi connectivity index (χ4v) is 3.51. The van der Waals surface area contributed by atoms with Crippen molar-refractivity contribution in [1.29, 1.82) is 0 Å². The third kappa shape index (κ3) is 5.00. The summed E-state index contributed by atoms with van der Waals surface area (Å²) in [5.74, 6) is -0.608. The van der Waals surface area contributed by atoms with E-state index in [4.69, 9.17) is 4.74 Å². The minimum absolute atomic E-state index is 0.263. The summed E-state index contributed by atoms with van der Waals surface area (Å²) in [5.41, 5.74) is 2.43. The number of hydrogen-bond donors (Lipinski definition) is 1. The summed E-state index contributed by atoms with van der Waals surface area (Å²) in [6.45, 7) is 5.84. The van der Waals surface area contributed by atoms with Gasteiger partial charge in [-0.25, -0.2) is 0 Å². The number of hydrogen-bond acceptors (Lipinski definition) is 5. The Morgan fingerprint density at radius 2 is 1.90 bits per heavy atom. The van der Waals surface area contributed by atoms with Gasteiger partial charge in [-0.3, -0.25) is 9.69 Å². The van der Waals surface area contributed by atoms with Gasteiger partial charge in [-0.15, -0.1) is 13.2 Å². The van der Waals surface area contributed by atoms with E-state index in [0.29, 0.717) is 43.7 Å². The molecule has 0 amide bonds. The average Bonchev–Trinajstić information content (AvgIpc) is 3.08. The Bertz CT molecular complexity index is 896. The van der Waals surface area contributed by atoms with Crippen molar-refractivity contribution < 1.29 is 32.5 Å². The predicted molar refractivity (Wildman–Crippen MR) is 99.6 cm³/mol. The summed E-state index contributed by atoms with van der Waals surface area (Å²) < 4.78 is 46.4. The molecule has 0 fully saturated rings. The fourth-order valence-electron chi connectivity index (χ4n) is 3.51. The Balaban J connectivity index is 1.69. The summed E-state index contributed by atoms with van der Waals surface area (Å²) in [6.07, 6.45) is -3.69. The molecule has 1 heterocycles. The van der Waals surface area contributed by atoms with E-state index in [1.165, 1.54) is 12.1 Å². The second kappa shape index (κ2) is 7.94. The quantitative estimate of drug-likeness (QED) is 0.680. The van der Waals surface area contributed by atoms with Gasteiger partial charge < -0.3 is 14.6 Å². The molecule has 1 aliphatic heterocycles. The van der Waals surface area contributed by atoms with Gasteiger partial charge in [0.2, 0.25) is 0 Å². The smallest absolute Gasteiger partial charge is 0.504 e. The highest BCUT2D eigenvalue weighted by molar-refractivity contribution is 5.51. The van der Waals surface area contributed by atoms with Gasteiger partial charge in [0.15, 0.2) is 11.5 Å². The van der Waals surface area contributed by atoms with Gasteiger partial charge in [-0.05, 0) is 56.0 Å². The van der Waals surface area contributed by atoms with Crippen molar-refractivity contribution in [3.8, 4) is 17.2 Å². The fraction of sp³-hybridized carbons (Fsp3) is 0.381. The molecule has 1 aliphatic rings. The minimum atomic E-state index is -4.86. The lowest BCUT2D eigenvalue weighted by Gasteiger charge is -2.35. The summed E-state index contributed by atoms with van der Waals surface area (Å²) in [5, 5.41) is 9.60. The first-order valence-corrected chi connectivity index (χ1v) is 9.13. The lowest BCUT2D eigenvalue weighted by molar-refractivity contribution is -0.275. The van der Waals surface area contributed by atoms with Crippen LogP contribution in [0.3, 0.4) is 0 Å². The van der Waals surface area contributed by atoms with E-state index in [-0.39, 0.29) is 5.54 Å². The molecule has 3 rings (SSSR count). The van der Waals surface area contributed by atoms with Crippen molar-refractivity contribution in [3.63, 3.8) is 0 Å². The lowest BCUT2D eigenvalue weighted by Crippen LogP contribution is -2.40. The maximum atomic E-state index is 12.5. The number of alkyl halides is 3. The molecule has 1 N–H and O–H groups in total. The first-order chi connectivity index (χ1) is 13.6. The van der Waals surface area contributed by atoms with Crippen LogP contribution in [0.25, 0.3) is 0 Å². The summed E-state index contributed by atoms with van der Waals surface area (Å²) in [6, 6.07) is 9.59. The van der Waals surface area contributed by atoms with Gasteiger partial charge in [-0.2, -0.15) is 0 Å². The van der Waals surface area contributed by atoms with Crippen LogP contribution < -0.4 is 9.47 Å². The molecule has 2 aromatic rings. The van der Waals surface area contributed by atoms with Crippen LogP contribution in [0.1, 0.15) is 37.0 Å². The summed E-state index contributed by atoms with van der Waals surface area (Å²) >= 11 is 0. The second-order valence-electron chi connectivity index (χ2n) is 7.63. The zero-order valence-electron chi connectivity index (χ0n) is 16.1. The van der Waals surface area contributed by atoms with E-state index in [2.05, 4.69) is 23.5 Å². The maximum absolute atomic E-state index is 12.5. The Kier molecular flexibility index (Phi) is 5.75. The molecule has 0 bridgehead atoms. The molecular weight excluding hydrogens is 387 g/mol. The van der Waals surface area contributed by atoms with Crippen LogP contribution in [0.4, 0.5) is 13.2 Å². The number of rotatable bonds is 7. The van der Waals surface area contributed by atoms with Crippen LogP contribution in [0.5, 0.6) is 17.2 Å². The maximum Gasteiger partial charge on any atom is 0.573 e. The van der Waals surface area contributed by atoms with Crippen molar-refractivity contribution in [3.05, 3.63) is 53.1 Å². The molecule has 8 heteroatoms. The normalized spacial score (nSPS) is 14.5. The number of aromatic hydroxyl groups is 1. The van der Waals surface area contributed by atoms with Crippen LogP contribution >= 0.6 is 0 Å². The largest absolute Gasteiger partial charge is 0.573 e. The third-order valence-corrected chi connectivity index (χ3v) is 5.25. The highest BCUT2D eigenvalue weighted by Crippen LogP contribution is 2.37. The monoisotopic (exact) mass is 409 g/mol. The molecular formula is C21H22F3NO4. The van der Waals surface area contributed by atoms with Crippen LogP contribution in [0, 0.1) is 0 Å². The van der Waals surface area contributed by atoms with Crippen molar-refractivity contribution >= 4 is 6.47 Å². The van der Waals surface area contributed by atoms with Crippen molar-refractivity contribution in [2.75, 3.05) is 0 Å². The standard InChI is InChI=1S/C21H22F3NO4/c1-20(2,25-11-15-4-3-5-18(28-13-26)16(15)12-25)9-8-14-6-7-17(27)19(10-14)29-21(22,23)24/h3-7,10,13,27H,8-9,11-12H2,1-2H3. The highest BCUT2D eigenvalue weighted by atomic mass is 19.4. The number of phenolic OH excluding ortho intramolecular Hbond substituents is 1. The molecule has 0 atom stereocenters. The molecule has 29 heavy (non-hydrogen) atoms. The van der Waals surface area contributed by atoms with Crippen LogP contribution in [0.2, 0.25) is 0 Å². The molecule has 0 saturated heterocycles. The number of aryl methyl sites for hydroxylation is 1. The van der Waals surface area contributed by atoms with E-state index >= 15 is 0 Å². The first-order valence-electron chi connectivity index (χ1n) is 9.13. The Labute approximate surface area is 166 Å². The third-order valence-electron chi connectivity index (χ3n) is 5.25. The van der Waals surface area contributed by atoms with E-state index < -0.39 is 17.9 Å². The lowest BCUT2D eigenvalue weighted by atomic mass is 9.93. The number of phenols is 1. The molecule has 0 spiro atoms. The highest BCUT2D eigenvalue weighted by Gasteiger charge is 2.34. The van der Waals surface area contributed by atoms with Gasteiger partial charge in [-0.1, -0.05) is 18.2 Å². The van der Waals surface area contributed by atoms with E-state index in [0.717, 1.165) is 11.1 Å². The molecule has 5 nitrogen and oxygen atoms in total. The van der Waals surface area contributed by atoms with Gasteiger partial charge >= 0.3 is 6.36 Å². The first kappa shape index (κ1) is 21.0. The second-order valence-corrected chi connectivity index (χ2v) is 7.63. The van der Waals surface area contributed by atoms with Gasteiger partial charge in [0.05, 0.1) is 0 Å². The number of carbonyl (C=O) groups excluding carboxylic acids is 1. The van der Waals surface area contributed by atoms with E-state index in [9.17, 15) is 23.1 Å². The molecule has 0 saturated carbocycles. The molecule has 0 unspecified atom stereocenters. The van der Waals surface area contributed by atoms with Crippen LogP contribution in [-0.4, -0.2) is 28.4 Å². The predicted octanol–water partition coefficient (Wildman–Crippen LogP) is 4.55. The van der Waals surface area contributed by atoms with Crippen molar-refractivity contribution in [2.45, 2.75) is 51.7 Å². The summed E-state index contributed by atoms with van der Waals surface area (Å²) in [7, 11) is 0. The molecule has 0 aliphatic carbocycles. The van der Waals surface area contributed by atoms with Crippen molar-refractivity contribution in [2.24, 2.45) is 0 Å². The number of nitrogens with zero attached hydrogens (tertiary/aromatic N) is 1. The van der Waals surface area contributed by atoms with Gasteiger partial charge in [0.25, 0.3) is 6.47 Å². The average molecular weight is 409 g/mol. The number of ether oxygens (including phenoxy) is 2. The number of carbonyl (C=O) groups is 1. The number of halogens is 3.